The van der Waals surface area contributed by atoms with E-state index in [1.807, 2.05) is 12.2 Å². The average Bonchev–Trinajstić information content (AvgIpc) is 2.58. The summed E-state index contributed by atoms with van der Waals surface area (Å²) < 4.78 is 32.2. The Morgan fingerprint density at radius 2 is 1.62 bits per heavy atom. The third-order valence-corrected chi connectivity index (χ3v) is 2.34. The maximum absolute atomic E-state index is 10.9. The van der Waals surface area contributed by atoms with Crippen molar-refractivity contribution in [2.24, 2.45) is 0 Å². The van der Waals surface area contributed by atoms with Gasteiger partial charge < -0.3 is 9.47 Å². The van der Waals surface area contributed by atoms with E-state index in [1.54, 1.807) is 7.11 Å². The summed E-state index contributed by atoms with van der Waals surface area (Å²) in [7, 11) is 3.10. The molecular formula is C14H16FeO6. The second kappa shape index (κ2) is 23.6. The molecule has 0 unspecified atom stereocenters. The van der Waals surface area contributed by atoms with Crippen LogP contribution in [0.3, 0.4) is 0 Å². The number of hydrogen-bond acceptors (Lipinski definition) is 3. The number of hydrogen-bond donors (Lipinski definition) is 0. The van der Waals surface area contributed by atoms with Crippen LogP contribution in [0.25, 0.3) is 0 Å². The van der Waals surface area contributed by atoms with Gasteiger partial charge in [-0.1, -0.05) is 11.6 Å². The number of allylic oxidation sites excluding steroid dienone is 4. The van der Waals surface area contributed by atoms with Crippen molar-refractivity contribution in [3.8, 4) is 0 Å². The van der Waals surface area contributed by atoms with Gasteiger partial charge in [0.25, 0.3) is 0 Å². The zero-order valence-corrected chi connectivity index (χ0v) is 12.9. The van der Waals surface area contributed by atoms with E-state index in [0.717, 1.165) is 25.0 Å². The van der Waals surface area contributed by atoms with Crippen LogP contribution in [0, 0.1) is 20.0 Å². The van der Waals surface area contributed by atoms with Gasteiger partial charge in [-0.2, -0.15) is 0 Å². The Hall–Kier alpha value is -1.51. The predicted octanol–water partition coefficient (Wildman–Crippen LogP) is 2.08. The van der Waals surface area contributed by atoms with Gasteiger partial charge in [-0.05, 0) is 18.9 Å². The average molecular weight is 336 g/mol. The van der Waals surface area contributed by atoms with Crippen molar-refractivity contribution in [3.63, 3.8) is 0 Å². The first-order valence-corrected chi connectivity index (χ1v) is 5.37. The summed E-state index contributed by atoms with van der Waals surface area (Å²) in [6.45, 7) is 13.5. The van der Waals surface area contributed by atoms with E-state index in [1.165, 1.54) is 12.7 Å². The Balaban J connectivity index is -0.000000183. The minimum Gasteiger partial charge on any atom is 0 e. The topological polar surface area (TPSA) is 95.2 Å². The molecule has 0 radical (unpaired) electrons. The van der Waals surface area contributed by atoms with Crippen molar-refractivity contribution in [2.75, 3.05) is 14.2 Å². The van der Waals surface area contributed by atoms with Gasteiger partial charge in [0.15, 0.2) is 0 Å². The fourth-order valence-electron chi connectivity index (χ4n) is 1.40. The van der Waals surface area contributed by atoms with Gasteiger partial charge in [0, 0.05) is 29.9 Å². The first kappa shape index (κ1) is 27.8. The molecule has 7 heteroatoms. The van der Waals surface area contributed by atoms with Gasteiger partial charge in [-0.15, -0.1) is 0 Å². The molecule has 0 saturated heterocycles. The molecule has 1 aliphatic carbocycles. The fraction of sp³-hybridized carbons (Fsp3) is 0.429. The third kappa shape index (κ3) is 16.4. The standard InChI is InChI=1S/C11H16O3.3CO.Fe/c1-13-10-6-3-9(4-7-10)5-8-11(12)14-2;3*1-2;/h3,6H,4-5,7-8H2,1-2H3;;;;. The van der Waals surface area contributed by atoms with E-state index < -0.39 is 0 Å². The summed E-state index contributed by atoms with van der Waals surface area (Å²) in [5, 5.41) is 0. The molecule has 0 aliphatic heterocycles. The third-order valence-electron chi connectivity index (χ3n) is 2.34. The van der Waals surface area contributed by atoms with Crippen LogP contribution in [0.2, 0.25) is 0 Å². The van der Waals surface area contributed by atoms with E-state index in [-0.39, 0.29) is 23.0 Å². The van der Waals surface area contributed by atoms with Crippen molar-refractivity contribution < 1.29 is 45.3 Å². The molecule has 6 nitrogen and oxygen atoms in total. The zero-order valence-electron chi connectivity index (χ0n) is 11.8. The summed E-state index contributed by atoms with van der Waals surface area (Å²) in [6, 6.07) is 0. The zero-order chi connectivity index (χ0) is 16.4. The molecule has 0 aromatic heterocycles. The predicted molar refractivity (Wildman–Crippen MR) is 65.4 cm³/mol. The smallest absolute Gasteiger partial charge is 0 e. The molecule has 0 saturated carbocycles. The SMILES string of the molecule is COC(=O)CCC1=CC=C(OC)CC1.[C-]#[O+].[C-]#[O+].[C-]#[O+].[Fe]. The summed E-state index contributed by atoms with van der Waals surface area (Å²) >= 11 is 0. The van der Waals surface area contributed by atoms with E-state index in [0.29, 0.717) is 6.42 Å². The largest absolute Gasteiger partial charge is 0 e. The number of ether oxygens (including phenoxy) is 2. The molecule has 0 atom stereocenters. The number of carbonyl (C=O) groups is 1. The minimum absolute atomic E-state index is 0. The van der Waals surface area contributed by atoms with Gasteiger partial charge in [-0.3, -0.25) is 4.79 Å². The normalized spacial score (nSPS) is 10.7. The molecule has 0 aromatic rings. The number of rotatable bonds is 4. The van der Waals surface area contributed by atoms with Crippen molar-refractivity contribution in [2.45, 2.75) is 25.7 Å². The van der Waals surface area contributed by atoms with E-state index in [4.69, 9.17) is 18.7 Å². The maximum Gasteiger partial charge on any atom is 0 e. The van der Waals surface area contributed by atoms with Crippen molar-refractivity contribution >= 4 is 5.97 Å². The van der Waals surface area contributed by atoms with Crippen LogP contribution in [0.5, 0.6) is 0 Å². The second-order valence-corrected chi connectivity index (χ2v) is 3.24. The van der Waals surface area contributed by atoms with Crippen molar-refractivity contribution in [3.05, 3.63) is 43.4 Å². The van der Waals surface area contributed by atoms with Gasteiger partial charge in [0.2, 0.25) is 0 Å². The Morgan fingerprint density at radius 3 is 1.95 bits per heavy atom. The molecular weight excluding hydrogens is 320 g/mol. The molecule has 0 spiro atoms. The van der Waals surface area contributed by atoms with Crippen LogP contribution < -0.4 is 0 Å². The van der Waals surface area contributed by atoms with Crippen molar-refractivity contribution in [1.82, 2.24) is 0 Å². The van der Waals surface area contributed by atoms with Crippen molar-refractivity contribution in [1.29, 1.82) is 0 Å². The van der Waals surface area contributed by atoms with Gasteiger partial charge in [-0.25, -0.2) is 0 Å². The van der Waals surface area contributed by atoms with Gasteiger partial charge in [0.05, 0.1) is 20.0 Å². The van der Waals surface area contributed by atoms with E-state index in [9.17, 15) is 4.79 Å². The van der Waals surface area contributed by atoms with Gasteiger partial charge in [0.1, 0.15) is 0 Å². The molecule has 1 aliphatic rings. The molecule has 0 amide bonds. The van der Waals surface area contributed by atoms with E-state index in [2.05, 4.69) is 24.7 Å². The first-order valence-electron chi connectivity index (χ1n) is 5.37. The monoisotopic (exact) mass is 336 g/mol. The summed E-state index contributed by atoms with van der Waals surface area (Å²) in [4.78, 5) is 10.9. The van der Waals surface area contributed by atoms with Crippen LogP contribution in [0.15, 0.2) is 23.5 Å². The molecule has 0 bridgehead atoms. The van der Waals surface area contributed by atoms with E-state index >= 15 is 0 Å². The second-order valence-electron chi connectivity index (χ2n) is 3.24. The van der Waals surface area contributed by atoms with Crippen LogP contribution in [0.1, 0.15) is 25.7 Å². The van der Waals surface area contributed by atoms with Crippen LogP contribution in [-0.4, -0.2) is 20.2 Å². The fourth-order valence-corrected chi connectivity index (χ4v) is 1.40. The number of esters is 1. The van der Waals surface area contributed by atoms with Crippen LogP contribution in [0.4, 0.5) is 0 Å². The Morgan fingerprint density at radius 1 is 1.10 bits per heavy atom. The molecule has 1 rings (SSSR count). The molecule has 0 aromatic carbocycles. The molecule has 0 N–H and O–H groups in total. The molecule has 0 heterocycles. The van der Waals surface area contributed by atoms with Gasteiger partial charge >= 0.3 is 39.9 Å². The number of methoxy groups -OCH3 is 2. The minimum atomic E-state index is -0.146. The molecule has 0 fully saturated rings. The molecule has 21 heavy (non-hydrogen) atoms. The summed E-state index contributed by atoms with van der Waals surface area (Å²) in [6.07, 6.45) is 7.18. The Bertz CT molecular complexity index is 364. The maximum atomic E-state index is 10.9. The van der Waals surface area contributed by atoms with Crippen LogP contribution in [-0.2, 0) is 45.3 Å². The molecule has 116 valence electrons. The first-order chi connectivity index (χ1) is 9.76. The van der Waals surface area contributed by atoms with Crippen LogP contribution >= 0.6 is 0 Å². The Kier molecular flexibility index (Phi) is 31.2. The summed E-state index contributed by atoms with van der Waals surface area (Å²) in [5.41, 5.74) is 1.29. The quantitative estimate of drug-likeness (QED) is 0.340. The number of carbonyl (C=O) groups excluding carboxylic acids is 1. The summed E-state index contributed by atoms with van der Waals surface area (Å²) in [5.74, 6) is 0.860. The Labute approximate surface area is 135 Å².